The van der Waals surface area contributed by atoms with Crippen LogP contribution in [0.2, 0.25) is 0 Å². The molecule has 156 valence electrons. The summed E-state index contributed by atoms with van der Waals surface area (Å²) < 4.78 is 0. The van der Waals surface area contributed by atoms with Crippen LogP contribution in [0.25, 0.3) is 0 Å². The van der Waals surface area contributed by atoms with Crippen molar-refractivity contribution in [1.82, 2.24) is 14.7 Å². The van der Waals surface area contributed by atoms with Gasteiger partial charge in [0.05, 0.1) is 0 Å². The molecule has 0 saturated heterocycles. The largest absolute Gasteiger partial charge is 0.307 e. The van der Waals surface area contributed by atoms with E-state index < -0.39 is 0 Å². The summed E-state index contributed by atoms with van der Waals surface area (Å²) in [5.41, 5.74) is 0.578. The van der Waals surface area contributed by atoms with Crippen LogP contribution in [0.15, 0.2) is 0 Å². The van der Waals surface area contributed by atoms with Gasteiger partial charge in [-0.3, -0.25) is 0 Å². The molecule has 0 amide bonds. The minimum atomic E-state index is 0.578. The van der Waals surface area contributed by atoms with Crippen LogP contribution in [0, 0.1) is 17.3 Å². The van der Waals surface area contributed by atoms with Crippen molar-refractivity contribution in [3.63, 3.8) is 0 Å². The van der Waals surface area contributed by atoms with Gasteiger partial charge in [0.25, 0.3) is 0 Å². The minimum Gasteiger partial charge on any atom is -0.307 e. The fourth-order valence-corrected chi connectivity index (χ4v) is 3.99. The number of nitrogens with zero attached hydrogens (tertiary/aromatic N) is 3. The van der Waals surface area contributed by atoms with E-state index >= 15 is 0 Å². The van der Waals surface area contributed by atoms with Gasteiger partial charge >= 0.3 is 0 Å². The van der Waals surface area contributed by atoms with E-state index in [4.69, 9.17) is 0 Å². The number of hydrogen-bond donors (Lipinski definition) is 0. The van der Waals surface area contributed by atoms with Gasteiger partial charge in [0.1, 0.15) is 0 Å². The third-order valence-electron chi connectivity index (χ3n) is 7.45. The fraction of sp³-hybridized carbons (Fsp3) is 1.00. The molecule has 1 rings (SSSR count). The third-order valence-corrected chi connectivity index (χ3v) is 7.45. The molecule has 2 atom stereocenters. The van der Waals surface area contributed by atoms with E-state index in [-0.39, 0.29) is 0 Å². The van der Waals surface area contributed by atoms with Gasteiger partial charge < -0.3 is 14.7 Å². The quantitative estimate of drug-likeness (QED) is 0.462. The lowest BCUT2D eigenvalue weighted by atomic mass is 9.64. The van der Waals surface area contributed by atoms with E-state index in [0.29, 0.717) is 11.5 Å². The Kier molecular flexibility index (Phi) is 10.1. The van der Waals surface area contributed by atoms with Crippen molar-refractivity contribution in [3.05, 3.63) is 0 Å². The molecular formula is C23H49N3. The van der Waals surface area contributed by atoms with Crippen LogP contribution >= 0.6 is 0 Å². The molecular weight excluding hydrogens is 318 g/mol. The van der Waals surface area contributed by atoms with Gasteiger partial charge in [0, 0.05) is 25.2 Å². The van der Waals surface area contributed by atoms with Crippen molar-refractivity contribution in [3.8, 4) is 0 Å². The van der Waals surface area contributed by atoms with E-state index in [9.17, 15) is 0 Å². The summed E-state index contributed by atoms with van der Waals surface area (Å²) in [6, 6.07) is 1.50. The molecule has 1 aliphatic carbocycles. The van der Waals surface area contributed by atoms with Crippen LogP contribution in [0.3, 0.4) is 0 Å². The second-order valence-electron chi connectivity index (χ2n) is 10.1. The number of likely N-dealkylation sites (N-methyl/N-ethyl adjacent to an activating group) is 2. The molecule has 0 bridgehead atoms. The maximum absolute atomic E-state index is 2.62. The molecule has 0 unspecified atom stereocenters. The van der Waals surface area contributed by atoms with Gasteiger partial charge in [0.15, 0.2) is 0 Å². The van der Waals surface area contributed by atoms with E-state index in [2.05, 4.69) is 77.4 Å². The summed E-state index contributed by atoms with van der Waals surface area (Å²) in [7, 11) is 6.89. The topological polar surface area (TPSA) is 9.72 Å². The monoisotopic (exact) mass is 367 g/mol. The molecule has 0 aromatic carbocycles. The highest BCUT2D eigenvalue weighted by Gasteiger charge is 2.41. The van der Waals surface area contributed by atoms with E-state index in [1.54, 1.807) is 0 Å². The average molecular weight is 368 g/mol. The molecule has 1 saturated carbocycles. The summed E-state index contributed by atoms with van der Waals surface area (Å²) in [4.78, 5) is 7.63. The summed E-state index contributed by atoms with van der Waals surface area (Å²) >= 11 is 0. The van der Waals surface area contributed by atoms with Crippen molar-refractivity contribution in [2.75, 3.05) is 47.3 Å². The predicted octanol–water partition coefficient (Wildman–Crippen LogP) is 4.82. The summed E-state index contributed by atoms with van der Waals surface area (Å²) in [5, 5.41) is 0. The Labute approximate surface area is 165 Å². The second-order valence-corrected chi connectivity index (χ2v) is 10.1. The summed E-state index contributed by atoms with van der Waals surface area (Å²) in [5.74, 6) is 1.65. The Hall–Kier alpha value is -0.120. The van der Waals surface area contributed by atoms with Gasteiger partial charge in [-0.2, -0.15) is 0 Å². The molecule has 0 radical (unpaired) electrons. The van der Waals surface area contributed by atoms with Gasteiger partial charge in [-0.15, -0.1) is 0 Å². The Morgan fingerprint density at radius 1 is 0.923 bits per heavy atom. The molecule has 0 aromatic heterocycles. The molecule has 1 fully saturated rings. The maximum Gasteiger partial charge on any atom is 0.0109 e. The lowest BCUT2D eigenvalue weighted by Gasteiger charge is -2.50. The van der Waals surface area contributed by atoms with Crippen molar-refractivity contribution in [2.45, 2.75) is 85.7 Å². The molecule has 1 aliphatic rings. The molecule has 0 N–H and O–H groups in total. The molecule has 0 aromatic rings. The third kappa shape index (κ3) is 7.86. The molecule has 3 heteroatoms. The summed E-state index contributed by atoms with van der Waals surface area (Å²) in [6.07, 6.45) is 6.79. The van der Waals surface area contributed by atoms with Gasteiger partial charge in [0.2, 0.25) is 0 Å². The first-order valence-corrected chi connectivity index (χ1v) is 11.2. The number of hydrogen-bond acceptors (Lipinski definition) is 3. The van der Waals surface area contributed by atoms with E-state index in [1.165, 1.54) is 58.3 Å². The van der Waals surface area contributed by atoms with E-state index in [1.807, 2.05) is 0 Å². The zero-order valence-electron chi connectivity index (χ0n) is 19.5. The highest BCUT2D eigenvalue weighted by atomic mass is 15.2. The first-order valence-electron chi connectivity index (χ1n) is 11.2. The molecule has 0 aliphatic heterocycles. The predicted molar refractivity (Wildman–Crippen MR) is 117 cm³/mol. The first kappa shape index (κ1) is 23.9. The zero-order valence-corrected chi connectivity index (χ0v) is 19.5. The molecule has 0 heterocycles. The van der Waals surface area contributed by atoms with Crippen LogP contribution in [-0.2, 0) is 0 Å². The highest BCUT2D eigenvalue weighted by molar-refractivity contribution is 4.95. The normalized spacial score (nSPS) is 26.0. The standard InChI is InChI=1S/C23H49N3/c1-10-24(7)14-13-23(6)17-22(18-23)26(9)16-15-25(8)21(5)12-11-20(4)19(2)3/h19-22H,10-18H2,1-9H3/t20-,21-,22?,23?/m1/s1. The molecule has 3 nitrogen and oxygen atoms in total. The minimum absolute atomic E-state index is 0.578. The van der Waals surface area contributed by atoms with Crippen LogP contribution in [-0.4, -0.2) is 74.1 Å². The van der Waals surface area contributed by atoms with Crippen LogP contribution in [0.1, 0.15) is 73.6 Å². The SMILES string of the molecule is CCN(C)CCC1(C)CC(N(C)CCN(C)[C@H](C)CC[C@@H](C)C(C)C)C1. The number of rotatable bonds is 13. The van der Waals surface area contributed by atoms with Crippen molar-refractivity contribution in [1.29, 1.82) is 0 Å². The zero-order chi connectivity index (χ0) is 19.9. The average Bonchev–Trinajstić information content (AvgIpc) is 2.58. The fourth-order valence-electron chi connectivity index (χ4n) is 3.99. The highest BCUT2D eigenvalue weighted by Crippen LogP contribution is 2.45. The molecule has 0 spiro atoms. The van der Waals surface area contributed by atoms with Gasteiger partial charge in [-0.1, -0.05) is 34.6 Å². The van der Waals surface area contributed by atoms with Crippen molar-refractivity contribution < 1.29 is 0 Å². The van der Waals surface area contributed by atoms with Crippen LogP contribution in [0.4, 0.5) is 0 Å². The lowest BCUT2D eigenvalue weighted by molar-refractivity contribution is 0.0111. The van der Waals surface area contributed by atoms with Crippen LogP contribution in [0.5, 0.6) is 0 Å². The van der Waals surface area contributed by atoms with Gasteiger partial charge in [-0.05, 0) is 90.5 Å². The van der Waals surface area contributed by atoms with Gasteiger partial charge in [-0.25, -0.2) is 0 Å². The molecule has 26 heavy (non-hydrogen) atoms. The van der Waals surface area contributed by atoms with E-state index in [0.717, 1.165) is 17.9 Å². The Balaban J connectivity index is 2.23. The van der Waals surface area contributed by atoms with Crippen LogP contribution < -0.4 is 0 Å². The summed E-state index contributed by atoms with van der Waals surface area (Å²) in [6.45, 7) is 19.1. The lowest BCUT2D eigenvalue weighted by Crippen LogP contribution is -2.51. The Bertz CT molecular complexity index is 376. The van der Waals surface area contributed by atoms with Crippen molar-refractivity contribution in [2.24, 2.45) is 17.3 Å². The first-order chi connectivity index (χ1) is 12.1. The Morgan fingerprint density at radius 3 is 2.08 bits per heavy atom. The van der Waals surface area contributed by atoms with Crippen molar-refractivity contribution >= 4 is 0 Å². The smallest absolute Gasteiger partial charge is 0.0109 e. The second kappa shape index (κ2) is 11.0. The Morgan fingerprint density at radius 2 is 1.54 bits per heavy atom. The maximum atomic E-state index is 2.62.